The van der Waals surface area contributed by atoms with Gasteiger partial charge in [-0.05, 0) is 42.5 Å². The summed E-state index contributed by atoms with van der Waals surface area (Å²) in [6, 6.07) is 15.1. The van der Waals surface area contributed by atoms with Crippen LogP contribution in [0.3, 0.4) is 0 Å². The molecule has 5 heteroatoms. The van der Waals surface area contributed by atoms with Crippen molar-refractivity contribution in [3.8, 4) is 17.1 Å². The van der Waals surface area contributed by atoms with Crippen molar-refractivity contribution in [2.24, 2.45) is 11.8 Å². The van der Waals surface area contributed by atoms with Crippen molar-refractivity contribution in [3.63, 3.8) is 0 Å². The van der Waals surface area contributed by atoms with Crippen LogP contribution < -0.4 is 10.3 Å². The van der Waals surface area contributed by atoms with E-state index in [1.165, 1.54) is 6.42 Å². The summed E-state index contributed by atoms with van der Waals surface area (Å²) in [5, 5.41) is 0.595. The second kappa shape index (κ2) is 8.15. The molecule has 2 aromatic carbocycles. The summed E-state index contributed by atoms with van der Waals surface area (Å²) in [5.74, 6) is 2.77. The molecule has 1 saturated heterocycles. The zero-order valence-electron chi connectivity index (χ0n) is 16.5. The first-order valence-corrected chi connectivity index (χ1v) is 10.0. The van der Waals surface area contributed by atoms with E-state index in [-0.39, 0.29) is 5.56 Å². The first-order valence-electron chi connectivity index (χ1n) is 10.0. The van der Waals surface area contributed by atoms with Gasteiger partial charge in [0.25, 0.3) is 5.56 Å². The van der Waals surface area contributed by atoms with Crippen molar-refractivity contribution >= 4 is 10.9 Å². The largest absolute Gasteiger partial charge is 0.491 e. The van der Waals surface area contributed by atoms with E-state index in [9.17, 15) is 4.79 Å². The van der Waals surface area contributed by atoms with E-state index < -0.39 is 0 Å². The van der Waals surface area contributed by atoms with Gasteiger partial charge in [0.05, 0.1) is 16.5 Å². The van der Waals surface area contributed by atoms with Crippen LogP contribution in [0.15, 0.2) is 53.3 Å². The maximum Gasteiger partial charge on any atom is 0.259 e. The normalized spacial score (nSPS) is 20.4. The van der Waals surface area contributed by atoms with E-state index in [0.717, 1.165) is 42.8 Å². The summed E-state index contributed by atoms with van der Waals surface area (Å²) in [7, 11) is 0. The Morgan fingerprint density at radius 1 is 1.07 bits per heavy atom. The molecule has 0 bridgehead atoms. The van der Waals surface area contributed by atoms with E-state index in [4.69, 9.17) is 4.74 Å². The molecule has 2 heterocycles. The van der Waals surface area contributed by atoms with Gasteiger partial charge in [-0.25, -0.2) is 4.98 Å². The smallest absolute Gasteiger partial charge is 0.259 e. The van der Waals surface area contributed by atoms with Gasteiger partial charge >= 0.3 is 0 Å². The third-order valence-electron chi connectivity index (χ3n) is 5.36. The summed E-state index contributed by atoms with van der Waals surface area (Å²) >= 11 is 0. The molecule has 1 fully saturated rings. The van der Waals surface area contributed by atoms with E-state index in [1.54, 1.807) is 6.07 Å². The number of H-pyrrole nitrogens is 1. The molecule has 1 N–H and O–H groups in total. The van der Waals surface area contributed by atoms with Gasteiger partial charge in [0.2, 0.25) is 0 Å². The molecule has 5 nitrogen and oxygen atoms in total. The van der Waals surface area contributed by atoms with Crippen LogP contribution in [0.4, 0.5) is 0 Å². The molecular weight excluding hydrogens is 350 g/mol. The first kappa shape index (κ1) is 18.7. The fourth-order valence-electron chi connectivity index (χ4n) is 4.26. The minimum Gasteiger partial charge on any atom is -0.491 e. The third kappa shape index (κ3) is 4.09. The second-order valence-electron chi connectivity index (χ2n) is 7.98. The summed E-state index contributed by atoms with van der Waals surface area (Å²) < 4.78 is 6.11. The number of fused-ring (bicyclic) bond motifs is 1. The number of hydrogen-bond acceptors (Lipinski definition) is 4. The number of aromatic amines is 1. The highest BCUT2D eigenvalue weighted by atomic mass is 16.5. The lowest BCUT2D eigenvalue weighted by molar-refractivity contribution is 0.121. The lowest BCUT2D eigenvalue weighted by Crippen LogP contribution is -2.40. The Hall–Kier alpha value is -2.66. The Balaban J connectivity index is 1.52. The summed E-state index contributed by atoms with van der Waals surface area (Å²) in [6.07, 6.45) is 1.31. The van der Waals surface area contributed by atoms with Crippen LogP contribution >= 0.6 is 0 Å². The van der Waals surface area contributed by atoms with Crippen molar-refractivity contribution in [1.29, 1.82) is 0 Å². The number of hydrogen-bond donors (Lipinski definition) is 1. The topological polar surface area (TPSA) is 58.2 Å². The van der Waals surface area contributed by atoms with Crippen molar-refractivity contribution in [2.75, 3.05) is 26.2 Å². The average Bonchev–Trinajstić information content (AvgIpc) is 2.68. The van der Waals surface area contributed by atoms with Crippen LogP contribution in [0, 0.1) is 11.8 Å². The molecule has 0 amide bonds. The van der Waals surface area contributed by atoms with Crippen molar-refractivity contribution < 1.29 is 4.74 Å². The number of benzene rings is 2. The molecule has 4 rings (SSSR count). The third-order valence-corrected chi connectivity index (χ3v) is 5.36. The Morgan fingerprint density at radius 3 is 2.61 bits per heavy atom. The number of piperidine rings is 1. The van der Waals surface area contributed by atoms with Gasteiger partial charge in [-0.2, -0.15) is 0 Å². The summed E-state index contributed by atoms with van der Waals surface area (Å²) in [5.41, 5.74) is 1.37. The molecule has 1 aliphatic heterocycles. The molecule has 1 aromatic heterocycles. The molecule has 0 saturated carbocycles. The van der Waals surface area contributed by atoms with Crippen molar-refractivity contribution in [2.45, 2.75) is 20.3 Å². The Kier molecular flexibility index (Phi) is 5.44. The van der Waals surface area contributed by atoms with Gasteiger partial charge in [-0.1, -0.05) is 38.1 Å². The van der Waals surface area contributed by atoms with Crippen molar-refractivity contribution in [3.05, 3.63) is 58.9 Å². The molecule has 0 radical (unpaired) electrons. The van der Waals surface area contributed by atoms with E-state index in [0.29, 0.717) is 23.3 Å². The number of rotatable bonds is 5. The molecule has 2 unspecified atom stereocenters. The second-order valence-corrected chi connectivity index (χ2v) is 7.98. The van der Waals surface area contributed by atoms with Crippen LogP contribution in [-0.2, 0) is 0 Å². The molecular formula is C23H27N3O2. The number of nitrogens with one attached hydrogen (secondary N) is 1. The molecule has 0 aliphatic carbocycles. The van der Waals surface area contributed by atoms with Gasteiger partial charge < -0.3 is 9.72 Å². The summed E-state index contributed by atoms with van der Waals surface area (Å²) in [6.45, 7) is 8.43. The molecule has 3 aromatic rings. The number of ether oxygens (including phenoxy) is 1. The maximum absolute atomic E-state index is 12.4. The van der Waals surface area contributed by atoms with Gasteiger partial charge in [0.1, 0.15) is 18.2 Å². The Labute approximate surface area is 165 Å². The fraction of sp³-hybridized carbons (Fsp3) is 0.391. The predicted molar refractivity (Wildman–Crippen MR) is 113 cm³/mol. The zero-order valence-corrected chi connectivity index (χ0v) is 16.5. The molecule has 146 valence electrons. The molecule has 2 atom stereocenters. The highest BCUT2D eigenvalue weighted by Gasteiger charge is 2.21. The van der Waals surface area contributed by atoms with Gasteiger partial charge in [0, 0.05) is 19.6 Å². The Bertz CT molecular complexity index is 1000. The van der Waals surface area contributed by atoms with Crippen LogP contribution in [0.2, 0.25) is 0 Å². The number of para-hydroxylation sites is 2. The predicted octanol–water partition coefficient (Wildman–Crippen LogP) is 3.95. The van der Waals surface area contributed by atoms with Crippen LogP contribution in [0.25, 0.3) is 22.3 Å². The lowest BCUT2D eigenvalue weighted by atomic mass is 9.92. The van der Waals surface area contributed by atoms with E-state index in [2.05, 4.69) is 28.7 Å². The number of aromatic nitrogens is 2. The highest BCUT2D eigenvalue weighted by molar-refractivity contribution is 5.80. The standard InChI is InChI=1S/C23H27N3O2/c1-16-13-17(2)15-26(14-16)11-12-28-21-10-6-4-8-19(21)22-24-20-9-5-3-7-18(20)23(27)25-22/h3-10,16-17H,11-15H2,1-2H3,(H,24,25,27). The average molecular weight is 377 g/mol. The van der Waals surface area contributed by atoms with Crippen LogP contribution in [-0.4, -0.2) is 41.1 Å². The van der Waals surface area contributed by atoms with Crippen molar-refractivity contribution in [1.82, 2.24) is 14.9 Å². The first-order chi connectivity index (χ1) is 13.6. The quantitative estimate of drug-likeness (QED) is 0.731. The van der Waals surface area contributed by atoms with Crippen LogP contribution in [0.5, 0.6) is 5.75 Å². The number of nitrogens with zero attached hydrogens (tertiary/aromatic N) is 2. The fourth-order valence-corrected chi connectivity index (χ4v) is 4.26. The van der Waals surface area contributed by atoms with Gasteiger partial charge in [0.15, 0.2) is 0 Å². The van der Waals surface area contributed by atoms with Gasteiger partial charge in [-0.15, -0.1) is 0 Å². The highest BCUT2D eigenvalue weighted by Crippen LogP contribution is 2.27. The van der Waals surface area contributed by atoms with Gasteiger partial charge in [-0.3, -0.25) is 9.69 Å². The molecule has 0 spiro atoms. The van der Waals surface area contributed by atoms with E-state index in [1.807, 2.05) is 42.5 Å². The minimum atomic E-state index is -0.133. The maximum atomic E-state index is 12.4. The summed E-state index contributed by atoms with van der Waals surface area (Å²) in [4.78, 5) is 22.4. The Morgan fingerprint density at radius 2 is 1.79 bits per heavy atom. The zero-order chi connectivity index (χ0) is 19.5. The molecule has 1 aliphatic rings. The van der Waals surface area contributed by atoms with Crippen LogP contribution in [0.1, 0.15) is 20.3 Å². The molecule has 28 heavy (non-hydrogen) atoms. The van der Waals surface area contributed by atoms with E-state index >= 15 is 0 Å². The lowest BCUT2D eigenvalue weighted by Gasteiger charge is -2.34. The number of likely N-dealkylation sites (tertiary alicyclic amines) is 1. The monoisotopic (exact) mass is 377 g/mol. The minimum absolute atomic E-state index is 0.133. The SMILES string of the molecule is CC1CC(C)CN(CCOc2ccccc2-c2nc3ccccc3c(=O)[nH]2)C1.